The molecule has 2 aromatic heterocycles. The van der Waals surface area contributed by atoms with Gasteiger partial charge in [-0.1, -0.05) is 0 Å². The first-order valence-corrected chi connectivity index (χ1v) is 6.91. The van der Waals surface area contributed by atoms with Crippen LogP contribution in [0.3, 0.4) is 0 Å². The van der Waals surface area contributed by atoms with Crippen molar-refractivity contribution in [3.63, 3.8) is 0 Å². The minimum atomic E-state index is -0.625. The Morgan fingerprint density at radius 3 is 2.91 bits per heavy atom. The van der Waals surface area contributed by atoms with Crippen molar-refractivity contribution >= 4 is 29.2 Å². The third-order valence-electron chi connectivity index (χ3n) is 2.43. The van der Waals surface area contributed by atoms with Gasteiger partial charge in [0.05, 0.1) is 11.5 Å². The summed E-state index contributed by atoms with van der Waals surface area (Å²) >= 11 is 0.883. The van der Waals surface area contributed by atoms with Gasteiger partial charge < -0.3 is 10.5 Å². The van der Waals surface area contributed by atoms with Crippen LogP contribution in [-0.2, 0) is 4.74 Å². The van der Waals surface area contributed by atoms with Crippen LogP contribution in [0.1, 0.15) is 17.3 Å². The van der Waals surface area contributed by atoms with E-state index in [1.165, 1.54) is 24.5 Å². The molecule has 0 saturated carbocycles. The first kappa shape index (κ1) is 15.6. The highest BCUT2D eigenvalue weighted by Crippen LogP contribution is 2.31. The number of pyridine rings is 1. The van der Waals surface area contributed by atoms with Gasteiger partial charge in [0.1, 0.15) is 11.4 Å². The fourth-order valence-electron chi connectivity index (χ4n) is 1.48. The number of nitrogens with zero attached hydrogens (tertiary/aromatic N) is 4. The molecule has 0 aliphatic carbocycles. The fourth-order valence-corrected chi connectivity index (χ4v) is 2.26. The van der Waals surface area contributed by atoms with Crippen molar-refractivity contribution < 1.29 is 14.5 Å². The van der Waals surface area contributed by atoms with E-state index in [1.807, 2.05) is 0 Å². The molecule has 9 nitrogen and oxygen atoms in total. The quantitative estimate of drug-likeness (QED) is 0.377. The molecule has 0 aliphatic rings. The van der Waals surface area contributed by atoms with Crippen LogP contribution in [0.15, 0.2) is 34.7 Å². The predicted octanol–water partition coefficient (Wildman–Crippen LogP) is 1.69. The molecular formula is C12H11N5O4S. The molecule has 2 aromatic rings. The maximum Gasteiger partial charge on any atom is 0.343 e. The molecule has 0 aromatic carbocycles. The van der Waals surface area contributed by atoms with Gasteiger partial charge in [-0.3, -0.25) is 10.1 Å². The predicted molar refractivity (Wildman–Crippen MR) is 77.4 cm³/mol. The second-order valence-corrected chi connectivity index (χ2v) is 4.81. The number of aromatic nitrogens is 3. The van der Waals surface area contributed by atoms with Gasteiger partial charge in [-0.05, 0) is 24.8 Å². The van der Waals surface area contributed by atoms with Crippen molar-refractivity contribution in [1.82, 2.24) is 15.0 Å². The molecule has 0 radical (unpaired) electrons. The molecule has 0 atom stereocenters. The molecule has 114 valence electrons. The summed E-state index contributed by atoms with van der Waals surface area (Å²) in [6.07, 6.45) is 2.64. The Bertz CT molecular complexity index is 724. The van der Waals surface area contributed by atoms with Crippen molar-refractivity contribution in [2.75, 3.05) is 12.3 Å². The summed E-state index contributed by atoms with van der Waals surface area (Å²) in [6.45, 7) is 1.87. The lowest BCUT2D eigenvalue weighted by Gasteiger charge is -2.05. The number of hydrogen-bond acceptors (Lipinski definition) is 9. The van der Waals surface area contributed by atoms with Crippen LogP contribution >= 0.6 is 11.8 Å². The largest absolute Gasteiger partial charge is 0.462 e. The first-order valence-electron chi connectivity index (χ1n) is 6.09. The van der Waals surface area contributed by atoms with Crippen LogP contribution in [0.5, 0.6) is 0 Å². The second kappa shape index (κ2) is 6.80. The van der Waals surface area contributed by atoms with Gasteiger partial charge in [-0.25, -0.2) is 19.7 Å². The number of hydrogen-bond donors (Lipinski definition) is 1. The average molecular weight is 321 g/mol. The number of anilines is 1. The molecule has 0 fully saturated rings. The number of nitrogen functional groups attached to an aromatic ring is 1. The minimum Gasteiger partial charge on any atom is -0.462 e. The van der Waals surface area contributed by atoms with Gasteiger partial charge in [0.15, 0.2) is 10.2 Å². The van der Waals surface area contributed by atoms with Crippen LogP contribution in [-0.4, -0.2) is 32.5 Å². The molecule has 2 N–H and O–H groups in total. The fraction of sp³-hybridized carbons (Fsp3) is 0.167. The zero-order chi connectivity index (χ0) is 16.1. The summed E-state index contributed by atoms with van der Waals surface area (Å²) in [5.74, 6) is -0.685. The van der Waals surface area contributed by atoms with Crippen molar-refractivity contribution in [3.05, 3.63) is 40.2 Å². The van der Waals surface area contributed by atoms with E-state index in [4.69, 9.17) is 10.5 Å². The Kier molecular flexibility index (Phi) is 4.84. The molecule has 10 heteroatoms. The Morgan fingerprint density at radius 2 is 2.27 bits per heavy atom. The lowest BCUT2D eigenvalue weighted by molar-refractivity contribution is -0.388. The zero-order valence-corrected chi connectivity index (χ0v) is 12.2. The van der Waals surface area contributed by atoms with Crippen molar-refractivity contribution in [1.29, 1.82) is 0 Å². The maximum absolute atomic E-state index is 11.6. The summed E-state index contributed by atoms with van der Waals surface area (Å²) < 4.78 is 4.81. The van der Waals surface area contributed by atoms with E-state index in [1.54, 1.807) is 6.92 Å². The normalized spacial score (nSPS) is 10.2. The summed E-state index contributed by atoms with van der Waals surface area (Å²) in [4.78, 5) is 33.8. The Hall–Kier alpha value is -2.75. The van der Waals surface area contributed by atoms with Gasteiger partial charge in [0.25, 0.3) is 0 Å². The Labute approximate surface area is 129 Å². The highest BCUT2D eigenvalue weighted by Gasteiger charge is 2.19. The van der Waals surface area contributed by atoms with Crippen LogP contribution in [0, 0.1) is 10.1 Å². The number of esters is 1. The van der Waals surface area contributed by atoms with Crippen LogP contribution in [0.25, 0.3) is 0 Å². The molecule has 2 heterocycles. The molecule has 0 aliphatic heterocycles. The van der Waals surface area contributed by atoms with E-state index in [0.717, 1.165) is 11.8 Å². The van der Waals surface area contributed by atoms with Gasteiger partial charge >= 0.3 is 11.7 Å². The van der Waals surface area contributed by atoms with E-state index >= 15 is 0 Å². The van der Waals surface area contributed by atoms with E-state index in [-0.39, 0.29) is 33.9 Å². The topological polar surface area (TPSA) is 134 Å². The molecule has 0 spiro atoms. The van der Waals surface area contributed by atoms with Crippen molar-refractivity contribution in [3.8, 4) is 0 Å². The highest BCUT2D eigenvalue weighted by atomic mass is 32.2. The van der Waals surface area contributed by atoms with Crippen LogP contribution in [0.2, 0.25) is 0 Å². The smallest absolute Gasteiger partial charge is 0.343 e. The summed E-state index contributed by atoms with van der Waals surface area (Å²) in [7, 11) is 0. The van der Waals surface area contributed by atoms with Gasteiger partial charge in [-0.2, -0.15) is 0 Å². The molecule has 0 bridgehead atoms. The molecular weight excluding hydrogens is 310 g/mol. The standard InChI is InChI=1S/C12H11N5O4S/c1-2-21-11(18)7-6-15-12(16-9(7)13)22-10-8(17(19)20)4-3-5-14-10/h3-6H,2H2,1H3,(H2,13,15,16). The number of carbonyl (C=O) groups is 1. The highest BCUT2D eigenvalue weighted by molar-refractivity contribution is 7.99. The molecule has 22 heavy (non-hydrogen) atoms. The molecule has 2 rings (SSSR count). The SMILES string of the molecule is CCOC(=O)c1cnc(Sc2ncccc2[N+](=O)[O-])nc1N. The molecule has 0 amide bonds. The lowest BCUT2D eigenvalue weighted by atomic mass is 10.3. The van der Waals surface area contributed by atoms with Crippen LogP contribution in [0.4, 0.5) is 11.5 Å². The maximum atomic E-state index is 11.6. The molecule has 0 unspecified atom stereocenters. The van der Waals surface area contributed by atoms with E-state index in [9.17, 15) is 14.9 Å². The lowest BCUT2D eigenvalue weighted by Crippen LogP contribution is -2.10. The Morgan fingerprint density at radius 1 is 1.50 bits per heavy atom. The average Bonchev–Trinajstić information content (AvgIpc) is 2.48. The summed E-state index contributed by atoms with van der Waals surface area (Å²) in [5.41, 5.74) is 5.56. The zero-order valence-electron chi connectivity index (χ0n) is 11.4. The summed E-state index contributed by atoms with van der Waals surface area (Å²) in [5, 5.41) is 11.2. The first-order chi connectivity index (χ1) is 10.5. The molecule has 0 saturated heterocycles. The van der Waals surface area contributed by atoms with Gasteiger partial charge in [0, 0.05) is 18.5 Å². The number of ether oxygens (including phenoxy) is 1. The van der Waals surface area contributed by atoms with E-state index in [0.29, 0.717) is 0 Å². The number of nitrogens with two attached hydrogens (primary N) is 1. The van der Waals surface area contributed by atoms with Gasteiger partial charge in [-0.15, -0.1) is 0 Å². The van der Waals surface area contributed by atoms with E-state index < -0.39 is 10.9 Å². The summed E-state index contributed by atoms with van der Waals surface area (Å²) in [6, 6.07) is 2.78. The second-order valence-electron chi connectivity index (χ2n) is 3.86. The van der Waals surface area contributed by atoms with Crippen molar-refractivity contribution in [2.24, 2.45) is 0 Å². The van der Waals surface area contributed by atoms with E-state index in [2.05, 4.69) is 15.0 Å². The number of carbonyl (C=O) groups excluding carboxylic acids is 1. The number of nitro groups is 1. The number of rotatable bonds is 5. The minimum absolute atomic E-state index is 0.0433. The van der Waals surface area contributed by atoms with Crippen molar-refractivity contribution in [2.45, 2.75) is 17.1 Å². The van der Waals surface area contributed by atoms with Gasteiger partial charge in [0.2, 0.25) is 0 Å². The van der Waals surface area contributed by atoms with Crippen LogP contribution < -0.4 is 5.73 Å². The Balaban J connectivity index is 2.27. The third-order valence-corrected chi connectivity index (χ3v) is 3.31. The monoisotopic (exact) mass is 321 g/mol. The third kappa shape index (κ3) is 3.47.